The Kier molecular flexibility index (Phi) is 5.73. The highest BCUT2D eigenvalue weighted by Gasteiger charge is 2.27. The number of hydrogen-bond donors (Lipinski definition) is 0. The first-order valence-electron chi connectivity index (χ1n) is 8.74. The van der Waals surface area contributed by atoms with Crippen molar-refractivity contribution in [1.29, 1.82) is 0 Å². The topological polar surface area (TPSA) is 54.9 Å². The summed E-state index contributed by atoms with van der Waals surface area (Å²) in [6.07, 6.45) is 0.118. The molecule has 1 atom stereocenters. The second-order valence-electron chi connectivity index (χ2n) is 6.50. The molecule has 2 heterocycles. The molecule has 1 aliphatic rings. The molecule has 1 amide bonds. The van der Waals surface area contributed by atoms with Gasteiger partial charge in [0.25, 0.3) is 0 Å². The van der Waals surface area contributed by atoms with Gasteiger partial charge >= 0.3 is 0 Å². The lowest BCUT2D eigenvalue weighted by atomic mass is 10.1. The molecule has 0 aliphatic carbocycles. The van der Waals surface area contributed by atoms with Crippen molar-refractivity contribution >= 4 is 11.7 Å². The van der Waals surface area contributed by atoms with Gasteiger partial charge < -0.3 is 19.3 Å². The minimum absolute atomic E-state index is 0.0755. The summed E-state index contributed by atoms with van der Waals surface area (Å²) >= 11 is 0. The number of pyridine rings is 1. The van der Waals surface area contributed by atoms with Crippen LogP contribution < -0.4 is 9.64 Å². The van der Waals surface area contributed by atoms with Gasteiger partial charge in [-0.2, -0.15) is 0 Å². The van der Waals surface area contributed by atoms with Crippen LogP contribution in [0.2, 0.25) is 0 Å². The quantitative estimate of drug-likeness (QED) is 0.824. The van der Waals surface area contributed by atoms with E-state index in [0.29, 0.717) is 26.1 Å². The first-order valence-corrected chi connectivity index (χ1v) is 8.74. The Balaban J connectivity index is 1.70. The molecular weight excluding hydrogens is 330 g/mol. The number of hydrogen-bond acceptors (Lipinski definition) is 5. The number of methoxy groups -OCH3 is 1. The van der Waals surface area contributed by atoms with E-state index in [0.717, 1.165) is 22.8 Å². The van der Waals surface area contributed by atoms with Crippen LogP contribution in [0.3, 0.4) is 0 Å². The number of nitrogens with zero attached hydrogens (tertiary/aromatic N) is 3. The standard InChI is InChI=1S/C20H25N3O3/c1-22(2)19-10-6-8-16(21-19)18-14-23(11-12-26-18)20(24)13-15-7-4-5-9-17(15)25-3/h4-10,18H,11-14H2,1-3H3/t18-/m1/s1. The fourth-order valence-corrected chi connectivity index (χ4v) is 3.05. The van der Waals surface area contributed by atoms with Crippen LogP contribution in [-0.4, -0.2) is 56.7 Å². The van der Waals surface area contributed by atoms with Gasteiger partial charge in [0.05, 0.1) is 32.4 Å². The lowest BCUT2D eigenvalue weighted by Crippen LogP contribution is -2.43. The molecule has 1 aromatic heterocycles. The molecule has 3 rings (SSSR count). The number of aromatic nitrogens is 1. The zero-order valence-electron chi connectivity index (χ0n) is 15.5. The van der Waals surface area contributed by atoms with Gasteiger partial charge in [-0.25, -0.2) is 4.98 Å². The SMILES string of the molecule is COc1ccccc1CC(=O)N1CCO[C@@H](c2cccc(N(C)C)n2)C1. The molecule has 0 saturated carbocycles. The fraction of sp³-hybridized carbons (Fsp3) is 0.400. The Morgan fingerprint density at radius 2 is 2.08 bits per heavy atom. The fourth-order valence-electron chi connectivity index (χ4n) is 3.05. The van der Waals surface area contributed by atoms with Gasteiger partial charge in [-0.3, -0.25) is 4.79 Å². The number of rotatable bonds is 5. The molecule has 138 valence electrons. The van der Waals surface area contributed by atoms with Crippen LogP contribution in [0.1, 0.15) is 17.4 Å². The molecule has 0 bridgehead atoms. The zero-order valence-corrected chi connectivity index (χ0v) is 15.5. The number of carbonyl (C=O) groups excluding carboxylic acids is 1. The highest BCUT2D eigenvalue weighted by atomic mass is 16.5. The van der Waals surface area contributed by atoms with E-state index in [1.54, 1.807) is 7.11 Å². The van der Waals surface area contributed by atoms with Crippen molar-refractivity contribution in [2.45, 2.75) is 12.5 Å². The van der Waals surface area contributed by atoms with Gasteiger partial charge in [-0.15, -0.1) is 0 Å². The Bertz CT molecular complexity index is 763. The van der Waals surface area contributed by atoms with E-state index in [2.05, 4.69) is 4.98 Å². The minimum atomic E-state index is -0.203. The molecule has 0 radical (unpaired) electrons. The van der Waals surface area contributed by atoms with Crippen molar-refractivity contribution in [3.8, 4) is 5.75 Å². The van der Waals surface area contributed by atoms with Crippen LogP contribution >= 0.6 is 0 Å². The molecule has 2 aromatic rings. The van der Waals surface area contributed by atoms with Crippen molar-refractivity contribution in [3.63, 3.8) is 0 Å². The van der Waals surface area contributed by atoms with Gasteiger partial charge in [0.15, 0.2) is 0 Å². The van der Waals surface area contributed by atoms with E-state index in [-0.39, 0.29) is 12.0 Å². The van der Waals surface area contributed by atoms with Crippen LogP contribution in [0.15, 0.2) is 42.5 Å². The number of anilines is 1. The maximum absolute atomic E-state index is 12.8. The van der Waals surface area contributed by atoms with Crippen molar-refractivity contribution in [2.24, 2.45) is 0 Å². The van der Waals surface area contributed by atoms with Gasteiger partial charge in [0.1, 0.15) is 17.7 Å². The summed E-state index contributed by atoms with van der Waals surface area (Å²) in [6, 6.07) is 13.5. The molecule has 6 nitrogen and oxygen atoms in total. The van der Waals surface area contributed by atoms with Gasteiger partial charge in [0.2, 0.25) is 5.91 Å². The summed E-state index contributed by atoms with van der Waals surface area (Å²) in [6.45, 7) is 1.62. The summed E-state index contributed by atoms with van der Waals surface area (Å²) in [5.74, 6) is 1.70. The molecule has 1 saturated heterocycles. The number of morpholine rings is 1. The first kappa shape index (κ1) is 18.2. The Hall–Kier alpha value is -2.60. The highest BCUT2D eigenvalue weighted by molar-refractivity contribution is 5.79. The van der Waals surface area contributed by atoms with Gasteiger partial charge in [0, 0.05) is 26.2 Å². The number of ether oxygens (including phenoxy) is 2. The smallest absolute Gasteiger partial charge is 0.227 e. The van der Waals surface area contributed by atoms with E-state index in [4.69, 9.17) is 9.47 Å². The molecule has 6 heteroatoms. The normalized spacial score (nSPS) is 17.0. The lowest BCUT2D eigenvalue weighted by Gasteiger charge is -2.33. The largest absolute Gasteiger partial charge is 0.496 e. The summed E-state index contributed by atoms with van der Waals surface area (Å²) < 4.78 is 11.2. The van der Waals surface area contributed by atoms with E-state index in [1.165, 1.54) is 0 Å². The average molecular weight is 355 g/mol. The predicted molar refractivity (Wildman–Crippen MR) is 101 cm³/mol. The molecule has 1 aliphatic heterocycles. The zero-order chi connectivity index (χ0) is 18.5. The third-order valence-corrected chi connectivity index (χ3v) is 4.50. The predicted octanol–water partition coefficient (Wildman–Crippen LogP) is 2.30. The van der Waals surface area contributed by atoms with E-state index in [9.17, 15) is 4.79 Å². The lowest BCUT2D eigenvalue weighted by molar-refractivity contribution is -0.138. The second-order valence-corrected chi connectivity index (χ2v) is 6.50. The Morgan fingerprint density at radius 3 is 2.85 bits per heavy atom. The summed E-state index contributed by atoms with van der Waals surface area (Å²) in [4.78, 5) is 21.2. The summed E-state index contributed by atoms with van der Waals surface area (Å²) in [5.41, 5.74) is 1.75. The van der Waals surface area contributed by atoms with Crippen LogP contribution in [-0.2, 0) is 16.0 Å². The maximum atomic E-state index is 12.8. The average Bonchev–Trinajstić information content (AvgIpc) is 2.68. The maximum Gasteiger partial charge on any atom is 0.227 e. The van der Waals surface area contributed by atoms with Crippen LogP contribution in [0.4, 0.5) is 5.82 Å². The molecular formula is C20H25N3O3. The van der Waals surface area contributed by atoms with Crippen LogP contribution in [0, 0.1) is 0 Å². The molecule has 0 N–H and O–H groups in total. The van der Waals surface area contributed by atoms with E-state index in [1.807, 2.05) is 66.4 Å². The van der Waals surface area contributed by atoms with E-state index < -0.39 is 0 Å². The second kappa shape index (κ2) is 8.19. The van der Waals surface area contributed by atoms with Crippen molar-refractivity contribution in [2.75, 3.05) is 45.8 Å². The number of amides is 1. The number of para-hydroxylation sites is 1. The minimum Gasteiger partial charge on any atom is -0.496 e. The number of benzene rings is 1. The highest BCUT2D eigenvalue weighted by Crippen LogP contribution is 2.24. The first-order chi connectivity index (χ1) is 12.6. The summed E-state index contributed by atoms with van der Waals surface area (Å²) in [7, 11) is 5.53. The third kappa shape index (κ3) is 4.14. The van der Waals surface area contributed by atoms with Crippen LogP contribution in [0.25, 0.3) is 0 Å². The summed E-state index contributed by atoms with van der Waals surface area (Å²) in [5, 5.41) is 0. The third-order valence-electron chi connectivity index (χ3n) is 4.50. The Labute approximate surface area is 154 Å². The molecule has 1 aromatic carbocycles. The number of carbonyl (C=O) groups is 1. The molecule has 1 fully saturated rings. The molecule has 0 unspecified atom stereocenters. The van der Waals surface area contributed by atoms with Crippen molar-refractivity contribution in [1.82, 2.24) is 9.88 Å². The molecule has 0 spiro atoms. The Morgan fingerprint density at radius 1 is 1.27 bits per heavy atom. The van der Waals surface area contributed by atoms with Gasteiger partial charge in [-0.1, -0.05) is 24.3 Å². The van der Waals surface area contributed by atoms with Crippen LogP contribution in [0.5, 0.6) is 5.75 Å². The van der Waals surface area contributed by atoms with Crippen molar-refractivity contribution in [3.05, 3.63) is 53.7 Å². The monoisotopic (exact) mass is 355 g/mol. The van der Waals surface area contributed by atoms with Crippen molar-refractivity contribution < 1.29 is 14.3 Å². The van der Waals surface area contributed by atoms with Gasteiger partial charge in [-0.05, 0) is 18.2 Å². The molecule has 26 heavy (non-hydrogen) atoms. The van der Waals surface area contributed by atoms with E-state index >= 15 is 0 Å².